The van der Waals surface area contributed by atoms with E-state index in [9.17, 15) is 0 Å². The van der Waals surface area contributed by atoms with Crippen LogP contribution in [0.2, 0.25) is 0 Å². The highest BCUT2D eigenvalue weighted by Gasteiger charge is 2.20. The van der Waals surface area contributed by atoms with Crippen molar-refractivity contribution in [2.45, 2.75) is 0 Å². The quantitative estimate of drug-likeness (QED) is 0.177. The Hall–Kier alpha value is -6.88. The SMILES string of the molecule is [C-]#[N+]c1ccc(-n2c3ccccc3c3cccc([N+]#[C-])c32)cc1-c1ccccc1-c1ccccc1-n1c2ccccc2c2ccccc21. The molecule has 2 aromatic heterocycles. The highest BCUT2D eigenvalue weighted by molar-refractivity contribution is 6.13. The van der Waals surface area contributed by atoms with Crippen molar-refractivity contribution in [1.82, 2.24) is 9.13 Å². The van der Waals surface area contributed by atoms with E-state index in [1.165, 1.54) is 10.8 Å². The minimum Gasteiger partial charge on any atom is -0.319 e. The minimum atomic E-state index is 0.576. The van der Waals surface area contributed by atoms with Crippen LogP contribution in [-0.2, 0) is 0 Å². The van der Waals surface area contributed by atoms with Crippen molar-refractivity contribution in [2.75, 3.05) is 0 Å². The Morgan fingerprint density at radius 1 is 0.375 bits per heavy atom. The maximum absolute atomic E-state index is 8.19. The van der Waals surface area contributed by atoms with Gasteiger partial charge in [0.05, 0.1) is 40.9 Å². The first-order chi connectivity index (χ1) is 23.8. The van der Waals surface area contributed by atoms with E-state index in [2.05, 4.69) is 134 Å². The average Bonchev–Trinajstić information content (AvgIpc) is 3.68. The third-order valence-electron chi connectivity index (χ3n) is 9.39. The fourth-order valence-corrected chi connectivity index (χ4v) is 7.37. The van der Waals surface area contributed by atoms with E-state index in [0.717, 1.165) is 66.5 Å². The molecule has 0 unspecified atom stereocenters. The predicted molar refractivity (Wildman–Crippen MR) is 199 cm³/mol. The van der Waals surface area contributed by atoms with Crippen molar-refractivity contribution in [1.29, 1.82) is 0 Å². The van der Waals surface area contributed by atoms with Gasteiger partial charge in [-0.25, -0.2) is 9.69 Å². The van der Waals surface area contributed by atoms with E-state index < -0.39 is 0 Å². The lowest BCUT2D eigenvalue weighted by atomic mass is 9.92. The molecule has 48 heavy (non-hydrogen) atoms. The van der Waals surface area contributed by atoms with Crippen molar-refractivity contribution in [2.24, 2.45) is 0 Å². The van der Waals surface area contributed by atoms with Crippen LogP contribution in [-0.4, -0.2) is 9.13 Å². The van der Waals surface area contributed by atoms with Gasteiger partial charge in [0.25, 0.3) is 0 Å². The third-order valence-corrected chi connectivity index (χ3v) is 9.39. The molecule has 0 aliphatic heterocycles. The van der Waals surface area contributed by atoms with Gasteiger partial charge < -0.3 is 9.13 Å². The van der Waals surface area contributed by atoms with Gasteiger partial charge in [-0.15, -0.1) is 0 Å². The van der Waals surface area contributed by atoms with Gasteiger partial charge in [-0.3, -0.25) is 0 Å². The summed E-state index contributed by atoms with van der Waals surface area (Å²) in [4.78, 5) is 7.91. The maximum Gasteiger partial charge on any atom is 0.211 e. The molecule has 4 nitrogen and oxygen atoms in total. The number of hydrogen-bond acceptors (Lipinski definition) is 0. The Morgan fingerprint density at radius 3 is 1.52 bits per heavy atom. The molecule has 2 heterocycles. The number of aromatic nitrogens is 2. The first kappa shape index (κ1) is 27.4. The Bertz CT molecular complexity index is 2760. The highest BCUT2D eigenvalue weighted by Crippen LogP contribution is 2.44. The van der Waals surface area contributed by atoms with Crippen LogP contribution in [0.25, 0.3) is 86.9 Å². The molecule has 0 bridgehead atoms. The number of fused-ring (bicyclic) bond motifs is 6. The third kappa shape index (κ3) is 4.01. The van der Waals surface area contributed by atoms with E-state index >= 15 is 0 Å². The second-order valence-electron chi connectivity index (χ2n) is 11.9. The lowest BCUT2D eigenvalue weighted by molar-refractivity contribution is 1.18. The van der Waals surface area contributed by atoms with Crippen molar-refractivity contribution in [3.8, 4) is 33.6 Å². The molecule has 0 saturated carbocycles. The summed E-state index contributed by atoms with van der Waals surface area (Å²) in [7, 11) is 0. The number of benzene rings is 7. The molecule has 4 heteroatoms. The molecule has 0 radical (unpaired) electrons. The molecule has 0 saturated heterocycles. The topological polar surface area (TPSA) is 18.6 Å². The van der Waals surface area contributed by atoms with Gasteiger partial charge in [-0.1, -0.05) is 121 Å². The number of para-hydroxylation sites is 5. The van der Waals surface area contributed by atoms with Gasteiger partial charge in [0.1, 0.15) is 0 Å². The summed E-state index contributed by atoms with van der Waals surface area (Å²) in [6.45, 7) is 16.2. The van der Waals surface area contributed by atoms with Crippen LogP contribution in [0.15, 0.2) is 158 Å². The first-order valence-corrected chi connectivity index (χ1v) is 15.9. The molecule has 222 valence electrons. The van der Waals surface area contributed by atoms with Crippen LogP contribution < -0.4 is 0 Å². The number of nitrogens with zero attached hydrogens (tertiary/aromatic N) is 4. The smallest absolute Gasteiger partial charge is 0.211 e. The number of rotatable bonds is 4. The summed E-state index contributed by atoms with van der Waals surface area (Å²) in [5.74, 6) is 0. The summed E-state index contributed by atoms with van der Waals surface area (Å²) in [5.41, 5.74) is 11.3. The molecular formula is C44H26N4. The number of hydrogen-bond donors (Lipinski definition) is 0. The molecule has 0 spiro atoms. The summed E-state index contributed by atoms with van der Waals surface area (Å²) < 4.78 is 4.52. The first-order valence-electron chi connectivity index (χ1n) is 15.9. The van der Waals surface area contributed by atoms with E-state index in [0.29, 0.717) is 11.4 Å². The molecule has 0 aliphatic rings. The molecule has 0 amide bonds. The van der Waals surface area contributed by atoms with Gasteiger partial charge in [-0.05, 0) is 58.5 Å². The zero-order chi connectivity index (χ0) is 32.2. The monoisotopic (exact) mass is 610 g/mol. The minimum absolute atomic E-state index is 0.576. The molecule has 0 N–H and O–H groups in total. The van der Waals surface area contributed by atoms with Crippen LogP contribution >= 0.6 is 0 Å². The van der Waals surface area contributed by atoms with Crippen molar-refractivity contribution < 1.29 is 0 Å². The fourth-order valence-electron chi connectivity index (χ4n) is 7.37. The highest BCUT2D eigenvalue weighted by atomic mass is 15.0. The van der Waals surface area contributed by atoms with E-state index in [1.807, 2.05) is 42.5 Å². The summed E-state index contributed by atoms with van der Waals surface area (Å²) in [6, 6.07) is 54.2. The van der Waals surface area contributed by atoms with Gasteiger partial charge in [0.15, 0.2) is 5.69 Å². The van der Waals surface area contributed by atoms with Crippen LogP contribution in [0.4, 0.5) is 11.4 Å². The second-order valence-corrected chi connectivity index (χ2v) is 11.9. The Balaban J connectivity index is 1.31. The predicted octanol–water partition coefficient (Wildman–Crippen LogP) is 12.3. The molecule has 0 aliphatic carbocycles. The normalized spacial score (nSPS) is 11.3. The Kier molecular flexibility index (Phi) is 6.22. The van der Waals surface area contributed by atoms with Crippen LogP contribution in [0.1, 0.15) is 0 Å². The van der Waals surface area contributed by atoms with Gasteiger partial charge in [0, 0.05) is 27.4 Å². The molecular weight excluding hydrogens is 585 g/mol. The zero-order valence-corrected chi connectivity index (χ0v) is 25.8. The largest absolute Gasteiger partial charge is 0.319 e. The van der Waals surface area contributed by atoms with Gasteiger partial charge in [0.2, 0.25) is 5.69 Å². The molecule has 9 rings (SSSR count). The van der Waals surface area contributed by atoms with Gasteiger partial charge >= 0.3 is 0 Å². The standard InChI is InChI=1S/C44H26N4/c1-45-38-27-26-29(47-40-22-9-8-19-35(40)36-20-13-21-39(46-2)44(36)47)28-37(38)31-15-4-3-14-30(31)32-16-5-10-23-41(32)48-42-24-11-6-17-33(42)34-18-7-12-25-43(34)48/h3-28H. The lowest BCUT2D eigenvalue weighted by Gasteiger charge is -2.18. The summed E-state index contributed by atoms with van der Waals surface area (Å²) >= 11 is 0. The van der Waals surface area contributed by atoms with Crippen LogP contribution in [0.3, 0.4) is 0 Å². The van der Waals surface area contributed by atoms with Crippen LogP contribution in [0.5, 0.6) is 0 Å². The Labute approximate surface area is 277 Å². The summed E-state index contributed by atoms with van der Waals surface area (Å²) in [5, 5.41) is 4.55. The Morgan fingerprint density at radius 2 is 0.875 bits per heavy atom. The zero-order valence-electron chi connectivity index (χ0n) is 25.8. The lowest BCUT2D eigenvalue weighted by Crippen LogP contribution is -1.98. The fraction of sp³-hybridized carbons (Fsp3) is 0. The van der Waals surface area contributed by atoms with E-state index in [-0.39, 0.29) is 0 Å². The van der Waals surface area contributed by atoms with Gasteiger partial charge in [-0.2, -0.15) is 0 Å². The van der Waals surface area contributed by atoms with E-state index in [4.69, 9.17) is 13.1 Å². The van der Waals surface area contributed by atoms with Crippen molar-refractivity contribution >= 4 is 55.0 Å². The molecule has 9 aromatic rings. The van der Waals surface area contributed by atoms with Crippen molar-refractivity contribution in [3.05, 3.63) is 181 Å². The van der Waals surface area contributed by atoms with Crippen LogP contribution in [0, 0.1) is 13.1 Å². The molecule has 7 aromatic carbocycles. The van der Waals surface area contributed by atoms with E-state index in [1.54, 1.807) is 0 Å². The second kappa shape index (κ2) is 10.9. The molecule has 0 fully saturated rings. The molecule has 0 atom stereocenters. The van der Waals surface area contributed by atoms with Crippen molar-refractivity contribution in [3.63, 3.8) is 0 Å². The maximum atomic E-state index is 8.19. The average molecular weight is 611 g/mol. The summed E-state index contributed by atoms with van der Waals surface area (Å²) in [6.07, 6.45) is 0.